The fourth-order valence-corrected chi connectivity index (χ4v) is 1.87. The summed E-state index contributed by atoms with van der Waals surface area (Å²) in [7, 11) is 7.88. The molecule has 0 aliphatic rings. The molecule has 0 aromatic rings. The normalized spacial score (nSPS) is 11.7. The summed E-state index contributed by atoms with van der Waals surface area (Å²) >= 11 is 0. The lowest BCUT2D eigenvalue weighted by Gasteiger charge is -2.16. The van der Waals surface area contributed by atoms with Gasteiger partial charge in [-0.1, -0.05) is 6.42 Å². The SMILES string of the molecule is CNC(CNCCCCCNCC(NC)NC)NC. The molecule has 0 saturated carbocycles. The van der Waals surface area contributed by atoms with Gasteiger partial charge in [0.05, 0.1) is 12.3 Å². The monoisotopic (exact) mass is 274 g/mol. The Kier molecular flexibility index (Phi) is 14.0. The van der Waals surface area contributed by atoms with Crippen LogP contribution in [0.5, 0.6) is 0 Å². The maximum absolute atomic E-state index is 3.45. The van der Waals surface area contributed by atoms with Crippen molar-refractivity contribution in [3.05, 3.63) is 0 Å². The van der Waals surface area contributed by atoms with E-state index in [1.807, 2.05) is 28.2 Å². The molecular formula is C13H34N6. The zero-order valence-electron chi connectivity index (χ0n) is 13.1. The van der Waals surface area contributed by atoms with Gasteiger partial charge < -0.3 is 31.9 Å². The van der Waals surface area contributed by atoms with Crippen LogP contribution in [0.2, 0.25) is 0 Å². The van der Waals surface area contributed by atoms with Crippen LogP contribution in [0.1, 0.15) is 19.3 Å². The van der Waals surface area contributed by atoms with Crippen molar-refractivity contribution in [1.29, 1.82) is 0 Å². The molecule has 0 fully saturated rings. The van der Waals surface area contributed by atoms with Crippen LogP contribution in [0.25, 0.3) is 0 Å². The average molecular weight is 274 g/mol. The first kappa shape index (κ1) is 18.8. The second-order valence-corrected chi connectivity index (χ2v) is 4.73. The molecule has 6 N–H and O–H groups in total. The van der Waals surface area contributed by atoms with Crippen LogP contribution in [0.3, 0.4) is 0 Å². The van der Waals surface area contributed by atoms with Crippen LogP contribution in [-0.4, -0.2) is 66.7 Å². The van der Waals surface area contributed by atoms with Crippen LogP contribution in [-0.2, 0) is 0 Å². The van der Waals surface area contributed by atoms with Crippen molar-refractivity contribution in [2.45, 2.75) is 31.6 Å². The Hall–Kier alpha value is -0.240. The predicted octanol–water partition coefficient (Wildman–Crippen LogP) is -1.13. The molecule has 0 aliphatic heterocycles. The van der Waals surface area contributed by atoms with Gasteiger partial charge in [-0.3, -0.25) is 0 Å². The van der Waals surface area contributed by atoms with E-state index in [2.05, 4.69) is 31.9 Å². The van der Waals surface area contributed by atoms with Crippen molar-refractivity contribution in [2.75, 3.05) is 54.4 Å². The van der Waals surface area contributed by atoms with E-state index in [9.17, 15) is 0 Å². The molecule has 0 aliphatic carbocycles. The molecule has 0 spiro atoms. The molecule has 0 aromatic carbocycles. The van der Waals surface area contributed by atoms with Crippen LogP contribution in [0.15, 0.2) is 0 Å². The minimum absolute atomic E-state index is 0.363. The Labute approximate surface area is 118 Å². The first-order valence-electron chi connectivity index (χ1n) is 7.39. The summed E-state index contributed by atoms with van der Waals surface area (Å²) in [6, 6.07) is 0. The lowest BCUT2D eigenvalue weighted by molar-refractivity contribution is 0.441. The molecule has 0 atom stereocenters. The molecule has 0 heterocycles. The summed E-state index contributed by atoms with van der Waals surface area (Å²) in [6.07, 6.45) is 4.48. The Morgan fingerprint density at radius 3 is 1.26 bits per heavy atom. The van der Waals surface area contributed by atoms with Crippen molar-refractivity contribution < 1.29 is 0 Å². The van der Waals surface area contributed by atoms with Crippen molar-refractivity contribution >= 4 is 0 Å². The number of hydrogen-bond donors (Lipinski definition) is 6. The standard InChI is InChI=1S/C13H34N6/c1-14-12(15-2)10-18-8-6-5-7-9-19-11-13(16-3)17-4/h12-19H,5-11H2,1-4H3. The Morgan fingerprint density at radius 2 is 0.947 bits per heavy atom. The van der Waals surface area contributed by atoms with Gasteiger partial charge >= 0.3 is 0 Å². The van der Waals surface area contributed by atoms with E-state index in [1.54, 1.807) is 0 Å². The highest BCUT2D eigenvalue weighted by Crippen LogP contribution is 1.92. The lowest BCUT2D eigenvalue weighted by atomic mass is 10.2. The van der Waals surface area contributed by atoms with Gasteiger partial charge in [0.1, 0.15) is 0 Å². The minimum Gasteiger partial charge on any atom is -0.314 e. The molecule has 0 rings (SSSR count). The summed E-state index contributed by atoms with van der Waals surface area (Å²) in [5.41, 5.74) is 0. The topological polar surface area (TPSA) is 72.2 Å². The van der Waals surface area contributed by atoms with Crippen molar-refractivity contribution in [1.82, 2.24) is 31.9 Å². The number of nitrogens with one attached hydrogen (secondary N) is 6. The van der Waals surface area contributed by atoms with Gasteiger partial charge in [-0.05, 0) is 54.1 Å². The second-order valence-electron chi connectivity index (χ2n) is 4.73. The van der Waals surface area contributed by atoms with Crippen LogP contribution in [0, 0.1) is 0 Å². The second kappa shape index (κ2) is 14.2. The van der Waals surface area contributed by atoms with Gasteiger partial charge in [0.2, 0.25) is 0 Å². The zero-order valence-corrected chi connectivity index (χ0v) is 13.1. The van der Waals surface area contributed by atoms with E-state index in [0.717, 1.165) is 26.2 Å². The fourth-order valence-electron chi connectivity index (χ4n) is 1.87. The molecular weight excluding hydrogens is 240 g/mol. The molecule has 0 radical (unpaired) electrons. The van der Waals surface area contributed by atoms with E-state index in [-0.39, 0.29) is 0 Å². The third-order valence-corrected chi connectivity index (χ3v) is 3.30. The highest BCUT2D eigenvalue weighted by molar-refractivity contribution is 4.63. The largest absolute Gasteiger partial charge is 0.314 e. The van der Waals surface area contributed by atoms with E-state index in [1.165, 1.54) is 19.3 Å². The number of rotatable bonds is 14. The molecule has 0 aromatic heterocycles. The maximum Gasteiger partial charge on any atom is 0.0695 e. The highest BCUT2D eigenvalue weighted by Gasteiger charge is 2.01. The molecule has 6 nitrogen and oxygen atoms in total. The summed E-state index contributed by atoms with van der Waals surface area (Å²) < 4.78 is 0. The van der Waals surface area contributed by atoms with Gasteiger partial charge in [0.15, 0.2) is 0 Å². The van der Waals surface area contributed by atoms with Crippen molar-refractivity contribution in [3.63, 3.8) is 0 Å². The third-order valence-electron chi connectivity index (χ3n) is 3.30. The molecule has 6 heteroatoms. The number of unbranched alkanes of at least 4 members (excludes halogenated alkanes) is 2. The van der Waals surface area contributed by atoms with Gasteiger partial charge in [0.25, 0.3) is 0 Å². The number of likely N-dealkylation sites (N-methyl/N-ethyl adjacent to an activating group) is 4. The molecule has 0 unspecified atom stereocenters. The Balaban J connectivity index is 3.19. The van der Waals surface area contributed by atoms with Gasteiger partial charge in [-0.25, -0.2) is 0 Å². The smallest absolute Gasteiger partial charge is 0.0695 e. The molecule has 0 bridgehead atoms. The highest BCUT2D eigenvalue weighted by atomic mass is 15.1. The third kappa shape index (κ3) is 11.3. The van der Waals surface area contributed by atoms with Crippen LogP contribution < -0.4 is 31.9 Å². The molecule has 0 amide bonds. The van der Waals surface area contributed by atoms with Crippen molar-refractivity contribution in [2.24, 2.45) is 0 Å². The fraction of sp³-hybridized carbons (Fsp3) is 1.00. The lowest BCUT2D eigenvalue weighted by Crippen LogP contribution is -2.46. The maximum atomic E-state index is 3.45. The summed E-state index contributed by atoms with van der Waals surface area (Å²) in [4.78, 5) is 0. The van der Waals surface area contributed by atoms with Crippen LogP contribution >= 0.6 is 0 Å². The van der Waals surface area contributed by atoms with Gasteiger partial charge in [-0.15, -0.1) is 0 Å². The minimum atomic E-state index is 0.363. The summed E-state index contributed by atoms with van der Waals surface area (Å²) in [5.74, 6) is 0. The Bertz CT molecular complexity index is 153. The Morgan fingerprint density at radius 1 is 0.579 bits per heavy atom. The van der Waals surface area contributed by atoms with E-state index >= 15 is 0 Å². The van der Waals surface area contributed by atoms with Crippen LogP contribution in [0.4, 0.5) is 0 Å². The summed E-state index contributed by atoms with van der Waals surface area (Å²) in [6.45, 7) is 4.12. The van der Waals surface area contributed by atoms with E-state index in [4.69, 9.17) is 0 Å². The average Bonchev–Trinajstić information content (AvgIpc) is 2.45. The van der Waals surface area contributed by atoms with Crippen molar-refractivity contribution in [3.8, 4) is 0 Å². The van der Waals surface area contributed by atoms with Gasteiger partial charge in [0, 0.05) is 13.1 Å². The van der Waals surface area contributed by atoms with E-state index in [0.29, 0.717) is 12.3 Å². The first-order valence-corrected chi connectivity index (χ1v) is 7.39. The molecule has 0 saturated heterocycles. The molecule has 116 valence electrons. The van der Waals surface area contributed by atoms with Gasteiger partial charge in [-0.2, -0.15) is 0 Å². The predicted molar refractivity (Wildman–Crippen MR) is 83.4 cm³/mol. The zero-order chi connectivity index (χ0) is 14.3. The van der Waals surface area contributed by atoms with E-state index < -0.39 is 0 Å². The molecule has 19 heavy (non-hydrogen) atoms. The quantitative estimate of drug-likeness (QED) is 0.178. The first-order chi connectivity index (χ1) is 9.28. The number of hydrogen-bond acceptors (Lipinski definition) is 6. The summed E-state index contributed by atoms with van der Waals surface area (Å²) in [5, 5.41) is 19.7.